The van der Waals surface area contributed by atoms with Crippen molar-refractivity contribution in [3.63, 3.8) is 0 Å². The van der Waals surface area contributed by atoms with Gasteiger partial charge >= 0.3 is 6.03 Å². The fourth-order valence-corrected chi connectivity index (χ4v) is 10.0. The van der Waals surface area contributed by atoms with E-state index in [0.29, 0.717) is 0 Å². The minimum absolute atomic E-state index is 0. The number of hydrogen-bond donors (Lipinski definition) is 8. The quantitative estimate of drug-likeness (QED) is 0.138. The zero-order valence-corrected chi connectivity index (χ0v) is 44.2. The Labute approximate surface area is 426 Å². The summed E-state index contributed by atoms with van der Waals surface area (Å²) in [5.74, 6) is -2.30. The molecule has 0 unspecified atom stereocenters. The number of likely N-dealkylation sites (N-methyl/N-ethyl adjacent to an activating group) is 2. The summed E-state index contributed by atoms with van der Waals surface area (Å²) in [6.45, 7) is 14.5. The first-order valence-electron chi connectivity index (χ1n) is 24.5. The fraction of sp³-hybridized carbons (Fsp3) is 0.627. The van der Waals surface area contributed by atoms with Crippen molar-refractivity contribution in [1.29, 1.82) is 0 Å². The van der Waals surface area contributed by atoms with Crippen LogP contribution in [-0.4, -0.2) is 127 Å². The maximum absolute atomic E-state index is 14.7. The molecule has 8 N–H and O–H groups in total. The van der Waals surface area contributed by atoms with Crippen LogP contribution in [-0.2, 0) is 41.6 Å². The first-order chi connectivity index (χ1) is 32.1. The standard InChI is InChI=1S/C51H76N10O7.2ClH/c1-29(52-9)43(62)58-41(50(3,4)5)47(66)60-27-33(25-39(60)45(64)56-37-23-15-19-31-17-11-13-21-35(31)37)54-49(68)55-34-26-40(46(65)57-38-24-16-20-32-18-12-14-22-36(32)38)61(28-34)48(67)42(51(6,7)8)59-44(63)30(2)53-10;;/h11-14,17-18,21-22,29-30,33-34,37-42,52-53H,15-16,19-20,23-28H2,1-10H3,(H,56,64)(H,57,65)(H,58,62)(H,59,63)(H2,54,55,68);2*1H/t29-,30-,33-,34-,37+,38+,39-,40-,41+,42+;;/m0../s1. The summed E-state index contributed by atoms with van der Waals surface area (Å²) in [7, 11) is 3.32. The van der Waals surface area contributed by atoms with E-state index in [1.54, 1.807) is 27.9 Å². The monoisotopic (exact) mass is 1010 g/mol. The van der Waals surface area contributed by atoms with Gasteiger partial charge in [0.15, 0.2) is 0 Å². The highest BCUT2D eigenvalue weighted by Crippen LogP contribution is 2.34. The number of carbonyl (C=O) groups excluding carboxylic acids is 7. The van der Waals surface area contributed by atoms with Crippen molar-refractivity contribution in [2.75, 3.05) is 27.2 Å². The maximum atomic E-state index is 14.7. The van der Waals surface area contributed by atoms with Crippen molar-refractivity contribution in [2.45, 2.75) is 167 Å². The number of halogens is 2. The number of rotatable bonds is 14. The zero-order valence-electron chi connectivity index (χ0n) is 42.5. The van der Waals surface area contributed by atoms with Gasteiger partial charge in [-0.2, -0.15) is 0 Å². The molecule has 2 aliphatic heterocycles. The molecule has 17 nitrogen and oxygen atoms in total. The molecule has 70 heavy (non-hydrogen) atoms. The Morgan fingerprint density at radius 2 is 0.914 bits per heavy atom. The number of amides is 8. The Bertz CT molecular complexity index is 2050. The third kappa shape index (κ3) is 13.7. The SMILES string of the molecule is CN[C@@H](C)C(=O)N[C@H](C(=O)N1C[C@@H](NC(=O)N[C@H]2C[C@@H](C(=O)N[C@@H]3CCCc4ccccc43)N(C(=O)[C@@H](NC(=O)[C@H](C)NC)C(C)(C)C)C2)C[C@H]1C(=O)N[C@@H]1CCCc2ccccc21)C(C)(C)C.Cl.Cl. The molecule has 2 aromatic carbocycles. The topological polar surface area (TPSA) is 222 Å². The van der Waals surface area contributed by atoms with Gasteiger partial charge in [-0.05, 0) is 112 Å². The molecule has 2 saturated heterocycles. The number of likely N-dealkylation sites (tertiary alicyclic amines) is 2. The molecule has 0 aromatic heterocycles. The molecule has 2 heterocycles. The van der Waals surface area contributed by atoms with Gasteiger partial charge in [-0.25, -0.2) is 4.79 Å². The number of aryl methyl sites for hydroxylation is 2. The molecule has 8 amide bonds. The van der Waals surface area contributed by atoms with E-state index in [9.17, 15) is 33.6 Å². The first-order valence-corrected chi connectivity index (χ1v) is 24.5. The summed E-state index contributed by atoms with van der Waals surface area (Å²) < 4.78 is 0. The van der Waals surface area contributed by atoms with Crippen LogP contribution in [0.1, 0.15) is 128 Å². The van der Waals surface area contributed by atoms with Crippen molar-refractivity contribution in [3.8, 4) is 0 Å². The average Bonchev–Trinajstić information content (AvgIpc) is 3.93. The van der Waals surface area contributed by atoms with Gasteiger partial charge in [-0.3, -0.25) is 28.8 Å². The normalized spacial score (nSPS) is 23.6. The third-order valence-electron chi connectivity index (χ3n) is 14.3. The van der Waals surface area contributed by atoms with Gasteiger partial charge < -0.3 is 52.3 Å². The van der Waals surface area contributed by atoms with Gasteiger partial charge in [0.2, 0.25) is 35.4 Å². The highest BCUT2D eigenvalue weighted by Gasteiger charge is 2.48. The lowest BCUT2D eigenvalue weighted by atomic mass is 9.85. The third-order valence-corrected chi connectivity index (χ3v) is 14.3. The molecule has 10 atom stereocenters. The molecule has 2 aromatic rings. The van der Waals surface area contributed by atoms with Gasteiger partial charge in [-0.15, -0.1) is 24.8 Å². The van der Waals surface area contributed by atoms with E-state index in [1.165, 1.54) is 20.9 Å². The zero-order chi connectivity index (χ0) is 49.7. The van der Waals surface area contributed by atoms with Crippen LogP contribution in [0.15, 0.2) is 48.5 Å². The number of hydrogen-bond acceptors (Lipinski definition) is 9. The van der Waals surface area contributed by atoms with Crippen molar-refractivity contribution in [3.05, 3.63) is 70.8 Å². The van der Waals surface area contributed by atoms with E-state index in [0.717, 1.165) is 49.7 Å². The van der Waals surface area contributed by atoms with Crippen molar-refractivity contribution >= 4 is 66.3 Å². The van der Waals surface area contributed by atoms with Gasteiger partial charge in [0.25, 0.3) is 0 Å². The second kappa shape index (κ2) is 24.4. The maximum Gasteiger partial charge on any atom is 0.315 e. The smallest absolute Gasteiger partial charge is 0.315 e. The minimum atomic E-state index is -0.987. The van der Waals surface area contributed by atoms with Crippen LogP contribution in [0.2, 0.25) is 0 Å². The van der Waals surface area contributed by atoms with Crippen molar-refractivity contribution in [2.24, 2.45) is 10.8 Å². The molecule has 388 valence electrons. The summed E-state index contributed by atoms with van der Waals surface area (Å²) in [5, 5.41) is 24.1. The van der Waals surface area contributed by atoms with Crippen LogP contribution < -0.4 is 42.5 Å². The molecule has 4 aliphatic rings. The predicted molar refractivity (Wildman–Crippen MR) is 274 cm³/mol. The lowest BCUT2D eigenvalue weighted by molar-refractivity contribution is -0.144. The number of fused-ring (bicyclic) bond motifs is 2. The summed E-state index contributed by atoms with van der Waals surface area (Å²) in [6.07, 6.45) is 5.30. The molecule has 6 rings (SSSR count). The Hall–Kier alpha value is -4.97. The number of nitrogens with zero attached hydrogens (tertiary/aromatic N) is 2. The van der Waals surface area contributed by atoms with Crippen molar-refractivity contribution in [1.82, 2.24) is 52.3 Å². The molecule has 0 bridgehead atoms. The highest BCUT2D eigenvalue weighted by molar-refractivity contribution is 5.95. The average molecular weight is 1010 g/mol. The lowest BCUT2D eigenvalue weighted by Crippen LogP contribution is -2.60. The Morgan fingerprint density at radius 1 is 0.557 bits per heavy atom. The number of benzene rings is 2. The van der Waals surface area contributed by atoms with Crippen LogP contribution in [0, 0.1) is 10.8 Å². The van der Waals surface area contributed by atoms with Gasteiger partial charge in [0.1, 0.15) is 24.2 Å². The molecule has 0 spiro atoms. The Morgan fingerprint density at radius 3 is 1.26 bits per heavy atom. The molecule has 19 heteroatoms. The summed E-state index contributed by atoms with van der Waals surface area (Å²) in [5.41, 5.74) is 2.95. The number of carbonyl (C=O) groups is 7. The summed E-state index contributed by atoms with van der Waals surface area (Å²) in [6, 6.07) is 8.57. The van der Waals surface area contributed by atoms with E-state index >= 15 is 0 Å². The van der Waals surface area contributed by atoms with Crippen LogP contribution in [0.5, 0.6) is 0 Å². The molecule has 2 fully saturated rings. The summed E-state index contributed by atoms with van der Waals surface area (Å²) >= 11 is 0. The fourth-order valence-electron chi connectivity index (χ4n) is 10.0. The van der Waals surface area contributed by atoms with Gasteiger partial charge in [0, 0.05) is 13.1 Å². The van der Waals surface area contributed by atoms with Gasteiger partial charge in [0.05, 0.1) is 36.3 Å². The second-order valence-electron chi connectivity index (χ2n) is 21.4. The van der Waals surface area contributed by atoms with Gasteiger partial charge in [-0.1, -0.05) is 90.1 Å². The number of urea groups is 1. The van der Waals surface area contributed by atoms with E-state index in [2.05, 4.69) is 54.7 Å². The van der Waals surface area contributed by atoms with E-state index in [4.69, 9.17) is 0 Å². The van der Waals surface area contributed by atoms with E-state index in [1.807, 2.05) is 77.9 Å². The van der Waals surface area contributed by atoms with Crippen LogP contribution in [0.25, 0.3) is 0 Å². The Kier molecular flexibility index (Phi) is 20.1. The van der Waals surface area contributed by atoms with Crippen molar-refractivity contribution < 1.29 is 33.6 Å². The first kappa shape index (κ1) is 57.6. The van der Waals surface area contributed by atoms with Crippen LogP contribution in [0.3, 0.4) is 0 Å². The van der Waals surface area contributed by atoms with E-state index in [-0.39, 0.29) is 86.5 Å². The van der Waals surface area contributed by atoms with E-state index < -0.39 is 77.0 Å². The molecule has 0 radical (unpaired) electrons. The Balaban J connectivity index is 0.00000533. The minimum Gasteiger partial charge on any atom is -0.347 e. The summed E-state index contributed by atoms with van der Waals surface area (Å²) in [4.78, 5) is 102. The molecule has 0 saturated carbocycles. The molecular formula is C51H78Cl2N10O7. The van der Waals surface area contributed by atoms with Crippen LogP contribution in [0.4, 0.5) is 4.79 Å². The number of nitrogens with one attached hydrogen (secondary N) is 8. The highest BCUT2D eigenvalue weighted by atomic mass is 35.5. The van der Waals surface area contributed by atoms with Crippen LogP contribution >= 0.6 is 24.8 Å². The molecular weight excluding hydrogens is 936 g/mol. The largest absolute Gasteiger partial charge is 0.347 e. The molecule has 2 aliphatic carbocycles. The predicted octanol–water partition coefficient (Wildman–Crippen LogP) is 3.73. The second-order valence-corrected chi connectivity index (χ2v) is 21.4. The lowest BCUT2D eigenvalue weighted by Gasteiger charge is -2.36.